The van der Waals surface area contributed by atoms with Gasteiger partial charge >= 0.3 is 0 Å². The van der Waals surface area contributed by atoms with Gasteiger partial charge in [0.25, 0.3) is 5.56 Å². The third kappa shape index (κ3) is 4.45. The first-order valence-electron chi connectivity index (χ1n) is 10.7. The number of hydrogen-bond acceptors (Lipinski definition) is 6. The van der Waals surface area contributed by atoms with Crippen LogP contribution >= 0.6 is 11.8 Å². The van der Waals surface area contributed by atoms with Gasteiger partial charge in [-0.25, -0.2) is 4.98 Å². The summed E-state index contributed by atoms with van der Waals surface area (Å²) in [4.78, 5) is 22.8. The van der Waals surface area contributed by atoms with Crippen molar-refractivity contribution in [3.05, 3.63) is 112 Å². The molecule has 0 unspecified atom stereocenters. The molecule has 2 heterocycles. The number of nitrogens with zero attached hydrogens (tertiary/aromatic N) is 4. The molecule has 0 amide bonds. The van der Waals surface area contributed by atoms with Gasteiger partial charge in [0.1, 0.15) is 0 Å². The number of aromatic nitrogens is 4. The average molecular weight is 455 g/mol. The van der Waals surface area contributed by atoms with Crippen molar-refractivity contribution in [2.24, 2.45) is 0 Å². The molecule has 33 heavy (non-hydrogen) atoms. The molecule has 0 bridgehead atoms. The van der Waals surface area contributed by atoms with E-state index in [1.54, 1.807) is 4.57 Å². The molecule has 164 valence electrons. The maximum atomic E-state index is 13.5. The average Bonchev–Trinajstić information content (AvgIpc) is 3.26. The Morgan fingerprint density at radius 1 is 0.939 bits per heavy atom. The van der Waals surface area contributed by atoms with Crippen molar-refractivity contribution in [3.63, 3.8) is 0 Å². The Labute approximate surface area is 195 Å². The number of hydrogen-bond donors (Lipinski definition) is 0. The summed E-state index contributed by atoms with van der Waals surface area (Å²) in [5, 5.41) is 5.29. The van der Waals surface area contributed by atoms with E-state index in [0.717, 1.165) is 22.4 Å². The monoisotopic (exact) mass is 454 g/mol. The van der Waals surface area contributed by atoms with Crippen LogP contribution in [-0.2, 0) is 12.2 Å². The molecule has 0 spiro atoms. The molecule has 0 saturated heterocycles. The van der Waals surface area contributed by atoms with Crippen LogP contribution in [0, 0.1) is 13.8 Å². The summed E-state index contributed by atoms with van der Waals surface area (Å²) < 4.78 is 7.15. The van der Waals surface area contributed by atoms with Crippen LogP contribution in [-0.4, -0.2) is 19.7 Å². The molecule has 3 aromatic carbocycles. The van der Waals surface area contributed by atoms with Crippen molar-refractivity contribution in [1.82, 2.24) is 19.7 Å². The Hall–Kier alpha value is -3.71. The van der Waals surface area contributed by atoms with Gasteiger partial charge < -0.3 is 4.52 Å². The van der Waals surface area contributed by atoms with Gasteiger partial charge in [0, 0.05) is 6.42 Å². The lowest BCUT2D eigenvalue weighted by atomic mass is 10.1. The fraction of sp³-hybridized carbons (Fsp3) is 0.154. The van der Waals surface area contributed by atoms with Gasteiger partial charge in [-0.15, -0.1) is 0 Å². The minimum Gasteiger partial charge on any atom is -0.338 e. The van der Waals surface area contributed by atoms with Gasteiger partial charge in [-0.05, 0) is 43.2 Å². The Kier molecular flexibility index (Phi) is 5.79. The molecule has 7 heteroatoms. The van der Waals surface area contributed by atoms with Crippen molar-refractivity contribution in [2.75, 3.05) is 0 Å². The first-order chi connectivity index (χ1) is 16.1. The third-order valence-corrected chi connectivity index (χ3v) is 6.30. The lowest BCUT2D eigenvalue weighted by Crippen LogP contribution is -2.22. The normalized spacial score (nSPS) is 11.2. The molecule has 5 rings (SSSR count). The van der Waals surface area contributed by atoms with Gasteiger partial charge in [0.15, 0.2) is 11.0 Å². The minimum atomic E-state index is -0.0923. The zero-order chi connectivity index (χ0) is 22.8. The highest BCUT2D eigenvalue weighted by molar-refractivity contribution is 7.98. The van der Waals surface area contributed by atoms with Crippen molar-refractivity contribution in [3.8, 4) is 5.69 Å². The summed E-state index contributed by atoms with van der Waals surface area (Å²) in [5.74, 6) is 1.55. The Morgan fingerprint density at radius 2 is 1.73 bits per heavy atom. The third-order valence-electron chi connectivity index (χ3n) is 5.38. The van der Waals surface area contributed by atoms with E-state index in [-0.39, 0.29) is 5.56 Å². The molecule has 6 nitrogen and oxygen atoms in total. The van der Waals surface area contributed by atoms with E-state index >= 15 is 0 Å². The molecule has 0 aliphatic carbocycles. The van der Waals surface area contributed by atoms with Crippen molar-refractivity contribution in [1.29, 1.82) is 0 Å². The van der Waals surface area contributed by atoms with E-state index in [1.165, 1.54) is 11.8 Å². The fourth-order valence-corrected chi connectivity index (χ4v) is 4.65. The predicted molar refractivity (Wildman–Crippen MR) is 130 cm³/mol. The Bertz CT molecular complexity index is 1490. The second-order valence-electron chi connectivity index (χ2n) is 7.90. The van der Waals surface area contributed by atoms with Gasteiger partial charge in [-0.3, -0.25) is 9.36 Å². The maximum absolute atomic E-state index is 13.5. The molecule has 2 aromatic heterocycles. The predicted octanol–water partition coefficient (Wildman–Crippen LogP) is 5.27. The first-order valence-corrected chi connectivity index (χ1v) is 11.6. The number of fused-ring (bicyclic) bond motifs is 1. The second kappa shape index (κ2) is 9.03. The van der Waals surface area contributed by atoms with Crippen LogP contribution in [0.2, 0.25) is 0 Å². The zero-order valence-corrected chi connectivity index (χ0v) is 19.2. The van der Waals surface area contributed by atoms with Crippen LogP contribution in [0.5, 0.6) is 0 Å². The van der Waals surface area contributed by atoms with E-state index in [4.69, 9.17) is 9.51 Å². The van der Waals surface area contributed by atoms with Gasteiger partial charge in [-0.2, -0.15) is 4.98 Å². The van der Waals surface area contributed by atoms with E-state index in [2.05, 4.69) is 16.2 Å². The number of aryl methyl sites for hydroxylation is 2. The van der Waals surface area contributed by atoms with Crippen LogP contribution in [0.3, 0.4) is 0 Å². The van der Waals surface area contributed by atoms with Crippen molar-refractivity contribution < 1.29 is 4.52 Å². The van der Waals surface area contributed by atoms with Gasteiger partial charge in [0.05, 0.1) is 22.3 Å². The Balaban J connectivity index is 1.48. The summed E-state index contributed by atoms with van der Waals surface area (Å²) in [6.07, 6.45) is 0.608. The SMILES string of the molecule is Cc1ccc(-n2c(SCc3nc(Cc4ccccc4)no3)nc3ccccc3c2=O)c(C)c1. The van der Waals surface area contributed by atoms with Crippen LogP contribution < -0.4 is 5.56 Å². The number of para-hydroxylation sites is 1. The van der Waals surface area contributed by atoms with Crippen molar-refractivity contribution >= 4 is 22.7 Å². The summed E-state index contributed by atoms with van der Waals surface area (Å²) in [6, 6.07) is 23.5. The number of thioether (sulfide) groups is 1. The minimum absolute atomic E-state index is 0.0923. The molecule has 5 aromatic rings. The van der Waals surface area contributed by atoms with Crippen molar-refractivity contribution in [2.45, 2.75) is 31.2 Å². The first kappa shape index (κ1) is 21.2. The lowest BCUT2D eigenvalue weighted by molar-refractivity contribution is 0.385. The molecule has 0 N–H and O–H groups in total. The summed E-state index contributed by atoms with van der Waals surface area (Å²) >= 11 is 1.41. The molecule has 0 fully saturated rings. The second-order valence-corrected chi connectivity index (χ2v) is 8.84. The Morgan fingerprint density at radius 3 is 2.55 bits per heavy atom. The molecule has 0 aliphatic heterocycles. The number of rotatable bonds is 6. The molecule has 0 radical (unpaired) electrons. The molecule has 0 saturated carbocycles. The standard InChI is InChI=1S/C26H22N4O2S/c1-17-12-13-22(18(2)14-17)30-25(31)20-10-6-7-11-21(20)27-26(30)33-16-24-28-23(29-32-24)15-19-8-4-3-5-9-19/h3-14H,15-16H2,1-2H3. The quantitative estimate of drug-likeness (QED) is 0.257. The molecule has 0 aliphatic rings. The largest absolute Gasteiger partial charge is 0.338 e. The zero-order valence-electron chi connectivity index (χ0n) is 18.4. The van der Waals surface area contributed by atoms with E-state index in [1.807, 2.05) is 80.6 Å². The molecule has 0 atom stereocenters. The highest BCUT2D eigenvalue weighted by Crippen LogP contribution is 2.26. The van der Waals surface area contributed by atoms with Crippen LogP contribution in [0.15, 0.2) is 87.3 Å². The summed E-state index contributed by atoms with van der Waals surface area (Å²) in [7, 11) is 0. The van der Waals surface area contributed by atoms with Crippen LogP contribution in [0.1, 0.15) is 28.4 Å². The lowest BCUT2D eigenvalue weighted by Gasteiger charge is -2.15. The smallest absolute Gasteiger partial charge is 0.266 e. The van der Waals surface area contributed by atoms with E-state index < -0.39 is 0 Å². The van der Waals surface area contributed by atoms with E-state index in [9.17, 15) is 4.79 Å². The molecular weight excluding hydrogens is 432 g/mol. The maximum Gasteiger partial charge on any atom is 0.266 e. The van der Waals surface area contributed by atoms with Gasteiger partial charge in [0.2, 0.25) is 5.89 Å². The topological polar surface area (TPSA) is 73.8 Å². The van der Waals surface area contributed by atoms with E-state index in [0.29, 0.717) is 39.9 Å². The number of benzene rings is 3. The summed E-state index contributed by atoms with van der Waals surface area (Å²) in [6.45, 7) is 4.04. The summed E-state index contributed by atoms with van der Waals surface area (Å²) in [5.41, 5.74) is 4.67. The highest BCUT2D eigenvalue weighted by Gasteiger charge is 2.16. The van der Waals surface area contributed by atoms with Crippen LogP contribution in [0.4, 0.5) is 0 Å². The molecular formula is C26H22N4O2S. The highest BCUT2D eigenvalue weighted by atomic mass is 32.2. The van der Waals surface area contributed by atoms with Gasteiger partial charge in [-0.1, -0.05) is 77.1 Å². The fourth-order valence-electron chi connectivity index (χ4n) is 3.80. The van der Waals surface area contributed by atoms with Crippen LogP contribution in [0.25, 0.3) is 16.6 Å².